The summed E-state index contributed by atoms with van der Waals surface area (Å²) in [5.41, 5.74) is 0. The highest BCUT2D eigenvalue weighted by Crippen LogP contribution is 2.12. The Morgan fingerprint density at radius 1 is 1.25 bits per heavy atom. The SMILES string of the molecule is CC(CCS)CN1CCCCC1. The topological polar surface area (TPSA) is 3.24 Å². The molecule has 1 heterocycles. The van der Waals surface area contributed by atoms with Gasteiger partial charge >= 0.3 is 0 Å². The number of thiol groups is 1. The second kappa shape index (κ2) is 5.87. The summed E-state index contributed by atoms with van der Waals surface area (Å²) in [5, 5.41) is 0. The van der Waals surface area contributed by atoms with E-state index in [0.29, 0.717) is 0 Å². The Balaban J connectivity index is 2.11. The van der Waals surface area contributed by atoms with Crippen LogP contribution in [0.2, 0.25) is 0 Å². The van der Waals surface area contributed by atoms with E-state index in [9.17, 15) is 0 Å². The van der Waals surface area contributed by atoms with Crippen molar-refractivity contribution in [1.82, 2.24) is 4.90 Å². The molecule has 1 unspecified atom stereocenters. The molecule has 1 aliphatic heterocycles. The van der Waals surface area contributed by atoms with E-state index in [0.717, 1.165) is 11.7 Å². The van der Waals surface area contributed by atoms with Gasteiger partial charge in [-0.25, -0.2) is 0 Å². The Hall–Kier alpha value is 0.310. The fourth-order valence-electron chi connectivity index (χ4n) is 1.89. The summed E-state index contributed by atoms with van der Waals surface area (Å²) in [6, 6.07) is 0. The van der Waals surface area contributed by atoms with Gasteiger partial charge in [-0.1, -0.05) is 13.3 Å². The molecular formula is C10H21NS. The molecule has 1 rings (SSSR count). The molecule has 1 nitrogen and oxygen atoms in total. The molecule has 12 heavy (non-hydrogen) atoms. The van der Waals surface area contributed by atoms with Crippen LogP contribution >= 0.6 is 12.6 Å². The largest absolute Gasteiger partial charge is 0.303 e. The van der Waals surface area contributed by atoms with E-state index >= 15 is 0 Å². The van der Waals surface area contributed by atoms with Crippen molar-refractivity contribution >= 4 is 12.6 Å². The van der Waals surface area contributed by atoms with Crippen LogP contribution in [0.4, 0.5) is 0 Å². The highest BCUT2D eigenvalue weighted by atomic mass is 32.1. The van der Waals surface area contributed by atoms with Crippen molar-refractivity contribution in [3.63, 3.8) is 0 Å². The molecule has 1 aliphatic rings. The lowest BCUT2D eigenvalue weighted by atomic mass is 10.1. The average Bonchev–Trinajstić information content (AvgIpc) is 2.06. The van der Waals surface area contributed by atoms with Gasteiger partial charge < -0.3 is 4.90 Å². The summed E-state index contributed by atoms with van der Waals surface area (Å²) in [6.45, 7) is 6.29. The van der Waals surface area contributed by atoms with Crippen molar-refractivity contribution in [2.45, 2.75) is 32.6 Å². The van der Waals surface area contributed by atoms with Crippen molar-refractivity contribution in [3.8, 4) is 0 Å². The maximum absolute atomic E-state index is 4.26. The van der Waals surface area contributed by atoms with Gasteiger partial charge in [0.25, 0.3) is 0 Å². The number of nitrogens with zero attached hydrogens (tertiary/aromatic N) is 1. The fraction of sp³-hybridized carbons (Fsp3) is 1.00. The summed E-state index contributed by atoms with van der Waals surface area (Å²) >= 11 is 4.26. The van der Waals surface area contributed by atoms with Gasteiger partial charge in [-0.15, -0.1) is 0 Å². The highest BCUT2D eigenvalue weighted by Gasteiger charge is 2.12. The first-order valence-corrected chi connectivity index (χ1v) is 5.79. The summed E-state index contributed by atoms with van der Waals surface area (Å²) in [7, 11) is 0. The van der Waals surface area contributed by atoms with Crippen LogP contribution in [-0.2, 0) is 0 Å². The molecule has 2 heteroatoms. The van der Waals surface area contributed by atoms with Gasteiger partial charge in [-0.2, -0.15) is 12.6 Å². The van der Waals surface area contributed by atoms with E-state index in [1.54, 1.807) is 0 Å². The Morgan fingerprint density at radius 3 is 2.50 bits per heavy atom. The van der Waals surface area contributed by atoms with Gasteiger partial charge in [0.15, 0.2) is 0 Å². The van der Waals surface area contributed by atoms with Crippen LogP contribution in [0.3, 0.4) is 0 Å². The summed E-state index contributed by atoms with van der Waals surface area (Å²) in [6.07, 6.45) is 5.53. The zero-order valence-corrected chi connectivity index (χ0v) is 9.02. The maximum Gasteiger partial charge on any atom is 0.000731 e. The molecule has 0 aliphatic carbocycles. The first kappa shape index (κ1) is 10.4. The molecule has 0 aromatic heterocycles. The van der Waals surface area contributed by atoms with Crippen LogP contribution in [0, 0.1) is 5.92 Å². The van der Waals surface area contributed by atoms with Crippen molar-refractivity contribution in [1.29, 1.82) is 0 Å². The molecule has 0 aromatic carbocycles. The Bertz CT molecular complexity index is 110. The smallest absolute Gasteiger partial charge is 0.000731 e. The zero-order valence-electron chi connectivity index (χ0n) is 8.13. The molecule has 0 saturated carbocycles. The second-order valence-corrected chi connectivity index (χ2v) is 4.43. The van der Waals surface area contributed by atoms with Gasteiger partial charge in [0.1, 0.15) is 0 Å². The average molecular weight is 187 g/mol. The van der Waals surface area contributed by atoms with Crippen LogP contribution in [0.15, 0.2) is 0 Å². The van der Waals surface area contributed by atoms with E-state index in [-0.39, 0.29) is 0 Å². The van der Waals surface area contributed by atoms with Crippen LogP contribution < -0.4 is 0 Å². The molecule has 1 atom stereocenters. The normalized spacial score (nSPS) is 22.5. The van der Waals surface area contributed by atoms with Gasteiger partial charge in [-0.05, 0) is 44.0 Å². The van der Waals surface area contributed by atoms with Crippen molar-refractivity contribution in [3.05, 3.63) is 0 Å². The van der Waals surface area contributed by atoms with E-state index in [1.807, 2.05) is 0 Å². The second-order valence-electron chi connectivity index (χ2n) is 3.98. The number of likely N-dealkylation sites (tertiary alicyclic amines) is 1. The standard InChI is InChI=1S/C10H21NS/c1-10(5-8-12)9-11-6-3-2-4-7-11/h10,12H,2-9H2,1H3. The zero-order chi connectivity index (χ0) is 8.81. The predicted octanol–water partition coefficient (Wildman–Crippen LogP) is 2.43. The Morgan fingerprint density at radius 2 is 1.92 bits per heavy atom. The first-order valence-electron chi connectivity index (χ1n) is 5.16. The summed E-state index contributed by atoms with van der Waals surface area (Å²) < 4.78 is 0. The minimum Gasteiger partial charge on any atom is -0.303 e. The molecule has 1 fully saturated rings. The molecular weight excluding hydrogens is 166 g/mol. The molecule has 0 radical (unpaired) electrons. The number of hydrogen-bond acceptors (Lipinski definition) is 2. The molecule has 1 saturated heterocycles. The number of hydrogen-bond donors (Lipinski definition) is 1. The third-order valence-electron chi connectivity index (χ3n) is 2.64. The van der Waals surface area contributed by atoms with Crippen molar-refractivity contribution in [2.75, 3.05) is 25.4 Å². The van der Waals surface area contributed by atoms with E-state index in [1.165, 1.54) is 45.3 Å². The van der Waals surface area contributed by atoms with Crippen LogP contribution in [0.1, 0.15) is 32.6 Å². The number of rotatable bonds is 4. The lowest BCUT2D eigenvalue weighted by molar-refractivity contribution is 0.199. The lowest BCUT2D eigenvalue weighted by Crippen LogP contribution is -2.33. The Kier molecular flexibility index (Phi) is 5.08. The van der Waals surface area contributed by atoms with E-state index < -0.39 is 0 Å². The summed E-state index contributed by atoms with van der Waals surface area (Å²) in [5.74, 6) is 1.87. The molecule has 0 amide bonds. The third-order valence-corrected chi connectivity index (χ3v) is 2.90. The third kappa shape index (κ3) is 3.81. The van der Waals surface area contributed by atoms with E-state index in [2.05, 4.69) is 24.5 Å². The number of piperidine rings is 1. The predicted molar refractivity (Wildman–Crippen MR) is 57.9 cm³/mol. The summed E-state index contributed by atoms with van der Waals surface area (Å²) in [4.78, 5) is 2.61. The van der Waals surface area contributed by atoms with Gasteiger partial charge in [0, 0.05) is 6.54 Å². The quantitative estimate of drug-likeness (QED) is 0.662. The first-order chi connectivity index (χ1) is 5.83. The maximum atomic E-state index is 4.26. The minimum atomic E-state index is 0.834. The van der Waals surface area contributed by atoms with Crippen LogP contribution in [0.25, 0.3) is 0 Å². The van der Waals surface area contributed by atoms with Crippen molar-refractivity contribution in [2.24, 2.45) is 5.92 Å². The Labute approximate surface area is 81.9 Å². The lowest BCUT2D eigenvalue weighted by Gasteiger charge is -2.28. The minimum absolute atomic E-state index is 0.834. The van der Waals surface area contributed by atoms with Crippen molar-refractivity contribution < 1.29 is 0 Å². The molecule has 0 N–H and O–H groups in total. The van der Waals surface area contributed by atoms with Crippen LogP contribution in [0.5, 0.6) is 0 Å². The fourth-order valence-corrected chi connectivity index (χ4v) is 2.34. The molecule has 0 aromatic rings. The highest BCUT2D eigenvalue weighted by molar-refractivity contribution is 7.80. The van der Waals surface area contributed by atoms with Gasteiger partial charge in [0.2, 0.25) is 0 Å². The molecule has 72 valence electrons. The molecule has 0 spiro atoms. The van der Waals surface area contributed by atoms with Gasteiger partial charge in [-0.3, -0.25) is 0 Å². The molecule has 0 bridgehead atoms. The monoisotopic (exact) mass is 187 g/mol. The van der Waals surface area contributed by atoms with E-state index in [4.69, 9.17) is 0 Å². The van der Waals surface area contributed by atoms with Gasteiger partial charge in [0.05, 0.1) is 0 Å². The van der Waals surface area contributed by atoms with Crippen LogP contribution in [-0.4, -0.2) is 30.3 Å².